The summed E-state index contributed by atoms with van der Waals surface area (Å²) in [4.78, 5) is 32.8. The number of hydrogen-bond acceptors (Lipinski definition) is 4. The molecule has 2 aromatic carbocycles. The summed E-state index contributed by atoms with van der Waals surface area (Å²) in [5.74, 6) is 0.875. The number of aromatic nitrogens is 2. The highest BCUT2D eigenvalue weighted by Crippen LogP contribution is 2.09. The molecule has 1 aromatic heterocycles. The SMILES string of the molecule is CN(Cc1nc2ccccc2c(=O)[nH]1)C(=O)COc1ccccc1. The lowest BCUT2D eigenvalue weighted by Crippen LogP contribution is -2.32. The minimum absolute atomic E-state index is 0.0711. The molecule has 1 heterocycles. The number of rotatable bonds is 5. The summed E-state index contributed by atoms with van der Waals surface area (Å²) in [6, 6.07) is 16.2. The van der Waals surface area contributed by atoms with Crippen molar-refractivity contribution in [1.82, 2.24) is 14.9 Å². The number of ether oxygens (including phenoxy) is 1. The van der Waals surface area contributed by atoms with Gasteiger partial charge >= 0.3 is 0 Å². The molecule has 1 amide bonds. The molecule has 0 atom stereocenters. The van der Waals surface area contributed by atoms with E-state index in [1.807, 2.05) is 24.3 Å². The molecule has 122 valence electrons. The van der Waals surface area contributed by atoms with Crippen LogP contribution < -0.4 is 10.3 Å². The highest BCUT2D eigenvalue weighted by atomic mass is 16.5. The van der Waals surface area contributed by atoms with Crippen LogP contribution in [0.5, 0.6) is 5.75 Å². The van der Waals surface area contributed by atoms with Gasteiger partial charge in [-0.25, -0.2) is 4.98 Å². The Bertz CT molecular complexity index is 906. The number of amides is 1. The van der Waals surface area contributed by atoms with Crippen molar-refractivity contribution in [2.45, 2.75) is 6.54 Å². The number of H-pyrrole nitrogens is 1. The average Bonchev–Trinajstić information content (AvgIpc) is 2.60. The topological polar surface area (TPSA) is 75.3 Å². The lowest BCUT2D eigenvalue weighted by Gasteiger charge is -2.17. The van der Waals surface area contributed by atoms with Crippen LogP contribution in [0.25, 0.3) is 10.9 Å². The van der Waals surface area contributed by atoms with Gasteiger partial charge in [0.2, 0.25) is 0 Å². The summed E-state index contributed by atoms with van der Waals surface area (Å²) in [6.07, 6.45) is 0. The number of aromatic amines is 1. The van der Waals surface area contributed by atoms with E-state index in [9.17, 15) is 9.59 Å². The Balaban J connectivity index is 1.67. The van der Waals surface area contributed by atoms with Gasteiger partial charge in [-0.2, -0.15) is 0 Å². The van der Waals surface area contributed by atoms with Crippen LogP contribution in [0.4, 0.5) is 0 Å². The number of carbonyl (C=O) groups excluding carboxylic acids is 1. The predicted molar refractivity (Wildman–Crippen MR) is 90.8 cm³/mol. The van der Waals surface area contributed by atoms with Crippen LogP contribution in [0, 0.1) is 0 Å². The number of para-hydroxylation sites is 2. The van der Waals surface area contributed by atoms with E-state index in [1.165, 1.54) is 4.90 Å². The third-order valence-electron chi connectivity index (χ3n) is 3.58. The maximum atomic E-state index is 12.2. The lowest BCUT2D eigenvalue weighted by atomic mass is 10.2. The zero-order valence-corrected chi connectivity index (χ0v) is 13.2. The molecule has 0 spiro atoms. The molecule has 0 aliphatic heterocycles. The number of nitrogens with one attached hydrogen (secondary N) is 1. The molecule has 3 aromatic rings. The van der Waals surface area contributed by atoms with Crippen LogP contribution >= 0.6 is 0 Å². The maximum absolute atomic E-state index is 12.2. The summed E-state index contributed by atoms with van der Waals surface area (Å²) >= 11 is 0. The van der Waals surface area contributed by atoms with E-state index in [4.69, 9.17) is 4.74 Å². The van der Waals surface area contributed by atoms with Gasteiger partial charge in [0, 0.05) is 7.05 Å². The van der Waals surface area contributed by atoms with E-state index in [0.717, 1.165) is 0 Å². The molecule has 0 saturated carbocycles. The summed E-state index contributed by atoms with van der Waals surface area (Å²) in [6.45, 7) is 0.134. The fraction of sp³-hybridized carbons (Fsp3) is 0.167. The summed E-state index contributed by atoms with van der Waals surface area (Å²) in [5, 5.41) is 0.530. The van der Waals surface area contributed by atoms with E-state index >= 15 is 0 Å². The standard InChI is InChI=1S/C18H17N3O3/c1-21(17(22)12-24-13-7-3-2-4-8-13)11-16-19-15-10-6-5-9-14(15)18(23)20-16/h2-10H,11-12H2,1H3,(H,19,20,23). The Morgan fingerprint density at radius 3 is 2.62 bits per heavy atom. The Labute approximate surface area is 138 Å². The Morgan fingerprint density at radius 1 is 1.12 bits per heavy atom. The highest BCUT2D eigenvalue weighted by molar-refractivity contribution is 5.78. The zero-order valence-electron chi connectivity index (χ0n) is 13.2. The molecule has 24 heavy (non-hydrogen) atoms. The molecule has 6 nitrogen and oxygen atoms in total. The first-order chi connectivity index (χ1) is 11.6. The van der Waals surface area contributed by atoms with Gasteiger partial charge in [0.15, 0.2) is 6.61 Å². The molecule has 0 aliphatic carbocycles. The van der Waals surface area contributed by atoms with Crippen molar-refractivity contribution >= 4 is 16.8 Å². The average molecular weight is 323 g/mol. The molecule has 0 unspecified atom stereocenters. The second-order valence-electron chi connectivity index (χ2n) is 5.38. The number of benzene rings is 2. The number of fused-ring (bicyclic) bond motifs is 1. The Kier molecular flexibility index (Phi) is 4.56. The molecule has 0 fully saturated rings. The second-order valence-corrected chi connectivity index (χ2v) is 5.38. The van der Waals surface area contributed by atoms with Crippen molar-refractivity contribution in [3.8, 4) is 5.75 Å². The molecule has 6 heteroatoms. The maximum Gasteiger partial charge on any atom is 0.260 e. The van der Waals surface area contributed by atoms with Crippen molar-refractivity contribution in [3.05, 3.63) is 70.8 Å². The Morgan fingerprint density at radius 2 is 1.83 bits per heavy atom. The highest BCUT2D eigenvalue weighted by Gasteiger charge is 2.12. The van der Waals surface area contributed by atoms with Gasteiger partial charge in [-0.15, -0.1) is 0 Å². The van der Waals surface area contributed by atoms with Crippen LogP contribution in [0.1, 0.15) is 5.82 Å². The number of carbonyl (C=O) groups is 1. The number of likely N-dealkylation sites (N-methyl/N-ethyl adjacent to an activating group) is 1. The second kappa shape index (κ2) is 6.95. The van der Waals surface area contributed by atoms with Crippen molar-refractivity contribution < 1.29 is 9.53 Å². The van der Waals surface area contributed by atoms with Crippen LogP contribution in [0.15, 0.2) is 59.4 Å². The lowest BCUT2D eigenvalue weighted by molar-refractivity contribution is -0.132. The summed E-state index contributed by atoms with van der Waals surface area (Å²) < 4.78 is 5.44. The zero-order chi connectivity index (χ0) is 16.9. The monoisotopic (exact) mass is 323 g/mol. The van der Waals surface area contributed by atoms with Crippen LogP contribution in [-0.2, 0) is 11.3 Å². The van der Waals surface area contributed by atoms with Crippen molar-refractivity contribution in [2.24, 2.45) is 0 Å². The Hall–Kier alpha value is -3.15. The van der Waals surface area contributed by atoms with Crippen LogP contribution in [0.3, 0.4) is 0 Å². The number of nitrogens with zero attached hydrogens (tertiary/aromatic N) is 2. The largest absolute Gasteiger partial charge is 0.484 e. The van der Waals surface area contributed by atoms with Crippen molar-refractivity contribution in [2.75, 3.05) is 13.7 Å². The fourth-order valence-electron chi connectivity index (χ4n) is 2.29. The van der Waals surface area contributed by atoms with Crippen molar-refractivity contribution in [3.63, 3.8) is 0 Å². The summed E-state index contributed by atoms with van der Waals surface area (Å²) in [5.41, 5.74) is 0.398. The minimum Gasteiger partial charge on any atom is -0.484 e. The molecule has 0 bridgehead atoms. The first kappa shape index (κ1) is 15.7. The fourth-order valence-corrected chi connectivity index (χ4v) is 2.29. The van der Waals surface area contributed by atoms with Crippen molar-refractivity contribution in [1.29, 1.82) is 0 Å². The third-order valence-corrected chi connectivity index (χ3v) is 3.58. The molecule has 3 rings (SSSR count). The van der Waals surface area contributed by atoms with Gasteiger partial charge in [-0.3, -0.25) is 9.59 Å². The summed E-state index contributed by atoms with van der Waals surface area (Å²) in [7, 11) is 1.64. The molecule has 0 aliphatic rings. The van der Waals surface area contributed by atoms with Gasteiger partial charge in [0.25, 0.3) is 11.5 Å². The first-order valence-electron chi connectivity index (χ1n) is 7.53. The van der Waals surface area contributed by atoms with Gasteiger partial charge in [-0.05, 0) is 24.3 Å². The van der Waals surface area contributed by atoms with E-state index in [2.05, 4.69) is 9.97 Å². The van der Waals surface area contributed by atoms with Crippen LogP contribution in [-0.4, -0.2) is 34.4 Å². The molecule has 0 radical (unpaired) electrons. The third kappa shape index (κ3) is 3.60. The molecule has 0 saturated heterocycles. The van der Waals surface area contributed by atoms with E-state index in [-0.39, 0.29) is 24.6 Å². The molecular weight excluding hydrogens is 306 g/mol. The van der Waals surface area contributed by atoms with E-state index < -0.39 is 0 Å². The normalized spacial score (nSPS) is 10.5. The van der Waals surface area contributed by atoms with Gasteiger partial charge < -0.3 is 14.6 Å². The predicted octanol–water partition coefficient (Wildman–Crippen LogP) is 1.96. The van der Waals surface area contributed by atoms with Crippen LogP contribution in [0.2, 0.25) is 0 Å². The van der Waals surface area contributed by atoms with Gasteiger partial charge in [-0.1, -0.05) is 30.3 Å². The van der Waals surface area contributed by atoms with Gasteiger partial charge in [0.1, 0.15) is 11.6 Å². The van der Waals surface area contributed by atoms with Gasteiger partial charge in [0.05, 0.1) is 17.4 Å². The molecule has 1 N–H and O–H groups in total. The number of hydrogen-bond donors (Lipinski definition) is 1. The smallest absolute Gasteiger partial charge is 0.260 e. The van der Waals surface area contributed by atoms with E-state index in [1.54, 1.807) is 37.4 Å². The quantitative estimate of drug-likeness (QED) is 0.779. The first-order valence-corrected chi connectivity index (χ1v) is 7.53. The van der Waals surface area contributed by atoms with E-state index in [0.29, 0.717) is 22.5 Å². The minimum atomic E-state index is -0.211. The molecular formula is C18H17N3O3.